The molecule has 0 saturated heterocycles. The molecule has 1 N–H and O–H groups in total. The number of ether oxygens (including phenoxy) is 1. The van der Waals surface area contributed by atoms with E-state index in [2.05, 4.69) is 10.2 Å². The zero-order valence-corrected chi connectivity index (χ0v) is 11.6. The molecule has 0 radical (unpaired) electrons. The van der Waals surface area contributed by atoms with E-state index in [1.54, 1.807) is 18.2 Å². The van der Waals surface area contributed by atoms with Crippen molar-refractivity contribution < 1.29 is 9.13 Å². The summed E-state index contributed by atoms with van der Waals surface area (Å²) in [7, 11) is 0. The van der Waals surface area contributed by atoms with Crippen LogP contribution in [0.5, 0.6) is 5.88 Å². The number of rotatable bonds is 4. The van der Waals surface area contributed by atoms with Crippen molar-refractivity contribution in [3.05, 3.63) is 71.5 Å². The number of benzene rings is 2. The van der Waals surface area contributed by atoms with Crippen LogP contribution in [-0.2, 0) is 6.61 Å². The fourth-order valence-corrected chi connectivity index (χ4v) is 2.16. The molecule has 1 aromatic heterocycles. The van der Waals surface area contributed by atoms with Crippen LogP contribution in [0.4, 0.5) is 4.39 Å². The number of hydrogen-bond acceptors (Lipinski definition) is 2. The molecule has 1 heterocycles. The number of H-pyrrole nitrogens is 1. The Morgan fingerprint density at radius 1 is 1.10 bits per heavy atom. The number of aromatic nitrogens is 2. The number of halogens is 1. The standard InChI is InChI=1S/C17H15FN2O/c1-12-6-2-4-8-14(12)16-10-17(20-19-16)21-11-13-7-3-5-9-15(13)18/h2-10H,11H2,1H3,(H,19,20). The Bertz CT molecular complexity index is 752. The van der Waals surface area contributed by atoms with E-state index < -0.39 is 0 Å². The normalized spacial score (nSPS) is 10.6. The van der Waals surface area contributed by atoms with Crippen molar-refractivity contribution in [1.29, 1.82) is 0 Å². The summed E-state index contributed by atoms with van der Waals surface area (Å²) in [5, 5.41) is 7.05. The van der Waals surface area contributed by atoms with Crippen molar-refractivity contribution in [2.45, 2.75) is 13.5 Å². The lowest BCUT2D eigenvalue weighted by Gasteiger charge is -2.03. The highest BCUT2D eigenvalue weighted by Crippen LogP contribution is 2.24. The van der Waals surface area contributed by atoms with Gasteiger partial charge in [-0.3, -0.25) is 5.10 Å². The van der Waals surface area contributed by atoms with E-state index in [-0.39, 0.29) is 12.4 Å². The Morgan fingerprint density at radius 2 is 1.86 bits per heavy atom. The van der Waals surface area contributed by atoms with Gasteiger partial charge < -0.3 is 4.74 Å². The molecule has 21 heavy (non-hydrogen) atoms. The number of aryl methyl sites for hydroxylation is 1. The second kappa shape index (κ2) is 5.79. The summed E-state index contributed by atoms with van der Waals surface area (Å²) in [6.45, 7) is 2.20. The first-order valence-electron chi connectivity index (χ1n) is 6.71. The first kappa shape index (κ1) is 13.4. The maximum atomic E-state index is 13.5. The van der Waals surface area contributed by atoms with Gasteiger partial charge in [0.05, 0.1) is 5.69 Å². The molecule has 3 nitrogen and oxygen atoms in total. The smallest absolute Gasteiger partial charge is 0.233 e. The molecule has 3 rings (SSSR count). The van der Waals surface area contributed by atoms with Gasteiger partial charge in [0.2, 0.25) is 5.88 Å². The van der Waals surface area contributed by atoms with Crippen molar-refractivity contribution in [1.82, 2.24) is 10.2 Å². The van der Waals surface area contributed by atoms with Gasteiger partial charge in [-0.25, -0.2) is 4.39 Å². The Labute approximate surface area is 122 Å². The summed E-state index contributed by atoms with van der Waals surface area (Å²) in [6, 6.07) is 16.4. The molecule has 106 valence electrons. The fraction of sp³-hybridized carbons (Fsp3) is 0.118. The van der Waals surface area contributed by atoms with Crippen LogP contribution in [0.1, 0.15) is 11.1 Å². The molecule has 0 amide bonds. The lowest BCUT2D eigenvalue weighted by Crippen LogP contribution is -1.98. The van der Waals surface area contributed by atoms with Gasteiger partial charge >= 0.3 is 0 Å². The summed E-state index contributed by atoms with van der Waals surface area (Å²) in [4.78, 5) is 0. The highest BCUT2D eigenvalue weighted by molar-refractivity contribution is 5.63. The van der Waals surface area contributed by atoms with E-state index in [0.29, 0.717) is 11.4 Å². The van der Waals surface area contributed by atoms with Gasteiger partial charge in [-0.05, 0) is 18.6 Å². The average molecular weight is 282 g/mol. The maximum Gasteiger partial charge on any atom is 0.233 e. The summed E-state index contributed by atoms with van der Waals surface area (Å²) in [5.74, 6) is 0.184. The molecule has 0 aliphatic heterocycles. The number of nitrogens with zero attached hydrogens (tertiary/aromatic N) is 1. The van der Waals surface area contributed by atoms with E-state index in [1.807, 2.05) is 37.3 Å². The molecule has 0 fully saturated rings. The predicted molar refractivity (Wildman–Crippen MR) is 79.5 cm³/mol. The molecule has 3 aromatic rings. The molecule has 0 bridgehead atoms. The third kappa shape index (κ3) is 2.94. The zero-order chi connectivity index (χ0) is 14.7. The van der Waals surface area contributed by atoms with Crippen LogP contribution < -0.4 is 4.74 Å². The van der Waals surface area contributed by atoms with Crippen LogP contribution in [0.25, 0.3) is 11.3 Å². The average Bonchev–Trinajstić information content (AvgIpc) is 2.96. The van der Waals surface area contributed by atoms with Gasteiger partial charge in [0.1, 0.15) is 12.4 Å². The van der Waals surface area contributed by atoms with E-state index in [9.17, 15) is 4.39 Å². The molecule has 0 aliphatic carbocycles. The summed E-state index contributed by atoms with van der Waals surface area (Å²) >= 11 is 0. The van der Waals surface area contributed by atoms with Gasteiger partial charge in [-0.1, -0.05) is 42.5 Å². The molecule has 0 atom stereocenters. The minimum atomic E-state index is -0.271. The molecule has 2 aromatic carbocycles. The van der Waals surface area contributed by atoms with E-state index in [1.165, 1.54) is 6.07 Å². The van der Waals surface area contributed by atoms with Crippen molar-refractivity contribution >= 4 is 0 Å². The van der Waals surface area contributed by atoms with Crippen LogP contribution >= 0.6 is 0 Å². The van der Waals surface area contributed by atoms with Crippen molar-refractivity contribution in [2.24, 2.45) is 0 Å². The van der Waals surface area contributed by atoms with E-state index in [0.717, 1.165) is 16.8 Å². The molecule has 0 unspecified atom stereocenters. The third-order valence-corrected chi connectivity index (χ3v) is 3.32. The van der Waals surface area contributed by atoms with Crippen molar-refractivity contribution in [2.75, 3.05) is 0 Å². The van der Waals surface area contributed by atoms with Crippen LogP contribution in [0, 0.1) is 12.7 Å². The number of nitrogens with one attached hydrogen (secondary N) is 1. The Hall–Kier alpha value is -2.62. The second-order valence-electron chi connectivity index (χ2n) is 4.81. The first-order valence-corrected chi connectivity index (χ1v) is 6.71. The largest absolute Gasteiger partial charge is 0.472 e. The Balaban J connectivity index is 1.74. The monoisotopic (exact) mass is 282 g/mol. The Kier molecular flexibility index (Phi) is 3.69. The number of hydrogen-bond donors (Lipinski definition) is 1. The van der Waals surface area contributed by atoms with Gasteiger partial charge in [0, 0.05) is 17.2 Å². The van der Waals surface area contributed by atoms with Crippen molar-refractivity contribution in [3.63, 3.8) is 0 Å². The van der Waals surface area contributed by atoms with E-state index >= 15 is 0 Å². The quantitative estimate of drug-likeness (QED) is 0.782. The lowest BCUT2D eigenvalue weighted by molar-refractivity contribution is 0.287. The van der Waals surface area contributed by atoms with Crippen LogP contribution in [-0.4, -0.2) is 10.2 Å². The topological polar surface area (TPSA) is 37.9 Å². The zero-order valence-electron chi connectivity index (χ0n) is 11.6. The highest BCUT2D eigenvalue weighted by Gasteiger charge is 2.08. The fourth-order valence-electron chi connectivity index (χ4n) is 2.16. The number of aromatic amines is 1. The summed E-state index contributed by atoms with van der Waals surface area (Å²) in [5.41, 5.74) is 3.63. The molecule has 0 saturated carbocycles. The molecular formula is C17H15FN2O. The maximum absolute atomic E-state index is 13.5. The predicted octanol–water partition coefficient (Wildman–Crippen LogP) is 4.10. The second-order valence-corrected chi connectivity index (χ2v) is 4.81. The van der Waals surface area contributed by atoms with E-state index in [4.69, 9.17) is 4.74 Å². The summed E-state index contributed by atoms with van der Waals surface area (Å²) < 4.78 is 19.0. The lowest BCUT2D eigenvalue weighted by atomic mass is 10.1. The SMILES string of the molecule is Cc1ccccc1-c1cc(OCc2ccccc2F)n[nH]1. The minimum absolute atomic E-state index is 0.157. The van der Waals surface area contributed by atoms with Gasteiger partial charge in [0.15, 0.2) is 0 Å². The van der Waals surface area contributed by atoms with Crippen LogP contribution in [0.3, 0.4) is 0 Å². The highest BCUT2D eigenvalue weighted by atomic mass is 19.1. The minimum Gasteiger partial charge on any atom is -0.472 e. The van der Waals surface area contributed by atoms with Crippen LogP contribution in [0.2, 0.25) is 0 Å². The summed E-state index contributed by atoms with van der Waals surface area (Å²) in [6.07, 6.45) is 0. The van der Waals surface area contributed by atoms with Gasteiger partial charge in [-0.15, -0.1) is 5.10 Å². The molecule has 0 aliphatic rings. The molecule has 0 spiro atoms. The van der Waals surface area contributed by atoms with Gasteiger partial charge in [0.25, 0.3) is 0 Å². The third-order valence-electron chi connectivity index (χ3n) is 3.32. The molecular weight excluding hydrogens is 267 g/mol. The Morgan fingerprint density at radius 3 is 2.67 bits per heavy atom. The first-order chi connectivity index (χ1) is 10.2. The molecule has 4 heteroatoms. The van der Waals surface area contributed by atoms with Crippen molar-refractivity contribution in [3.8, 4) is 17.1 Å². The van der Waals surface area contributed by atoms with Crippen LogP contribution in [0.15, 0.2) is 54.6 Å². The van der Waals surface area contributed by atoms with Gasteiger partial charge in [-0.2, -0.15) is 0 Å².